The Kier molecular flexibility index (Phi) is 7.99. The molecule has 8 heteroatoms. The third-order valence-electron chi connectivity index (χ3n) is 3.27. The number of rotatable bonds is 6. The van der Waals surface area contributed by atoms with Crippen molar-refractivity contribution in [3.63, 3.8) is 0 Å². The van der Waals surface area contributed by atoms with E-state index in [2.05, 4.69) is 10.2 Å². The Hall–Kier alpha value is -2.49. The summed E-state index contributed by atoms with van der Waals surface area (Å²) in [7, 11) is 1.73. The van der Waals surface area contributed by atoms with Gasteiger partial charge in [0, 0.05) is 12.1 Å². The van der Waals surface area contributed by atoms with Crippen LogP contribution in [0.25, 0.3) is 0 Å². The molecule has 0 aliphatic rings. The zero-order valence-electron chi connectivity index (χ0n) is 13.5. The molecule has 2 unspecified atom stereocenters. The molecule has 2 rings (SSSR count). The van der Waals surface area contributed by atoms with Gasteiger partial charge in [0.15, 0.2) is 17.8 Å². The van der Waals surface area contributed by atoms with Crippen LogP contribution in [0.1, 0.15) is 17.2 Å². The zero-order chi connectivity index (χ0) is 18.9. The van der Waals surface area contributed by atoms with Crippen LogP contribution in [-0.2, 0) is 15.5 Å². The monoisotopic (exact) mass is 351 g/mol. The van der Waals surface area contributed by atoms with Crippen molar-refractivity contribution in [2.24, 2.45) is 0 Å². The molecule has 2 aromatic carbocycles. The summed E-state index contributed by atoms with van der Waals surface area (Å²) >= 11 is 0. The average Bonchev–Trinajstić information content (AvgIpc) is 2.64. The molecular formula is C17H21NO7. The molecule has 0 radical (unpaired) electrons. The second-order valence-electron chi connectivity index (χ2n) is 5.09. The van der Waals surface area contributed by atoms with Gasteiger partial charge < -0.3 is 25.7 Å². The fourth-order valence-corrected chi connectivity index (χ4v) is 1.88. The minimum atomic E-state index is -2.25. The molecule has 0 saturated carbocycles. The molecule has 25 heavy (non-hydrogen) atoms. The SMILES string of the molecule is CNCC(O)c1ccc(O)c(O)c1.O=CC(O)(OO)c1ccccc1. The Morgan fingerprint density at radius 3 is 2.28 bits per heavy atom. The first-order valence-electron chi connectivity index (χ1n) is 7.29. The number of hydrogen-bond donors (Lipinski definition) is 6. The van der Waals surface area contributed by atoms with Crippen molar-refractivity contribution in [2.75, 3.05) is 13.6 Å². The fourth-order valence-electron chi connectivity index (χ4n) is 1.88. The molecule has 2 aromatic rings. The Balaban J connectivity index is 0.000000251. The van der Waals surface area contributed by atoms with Crippen molar-refractivity contribution in [3.05, 3.63) is 59.7 Å². The van der Waals surface area contributed by atoms with Gasteiger partial charge in [-0.3, -0.25) is 4.79 Å². The van der Waals surface area contributed by atoms with Crippen LogP contribution in [0.3, 0.4) is 0 Å². The first kappa shape index (κ1) is 20.6. The van der Waals surface area contributed by atoms with Gasteiger partial charge in [0.2, 0.25) is 0 Å². The standard InChI is InChI=1S/C9H13NO3.C8H8O4/c1-10-5-9(13)6-2-3-7(11)8(12)4-6;9-6-8(10,12-11)7-4-2-1-3-5-7/h2-4,9-13H,5H2,1H3;1-6,10-11H. The molecule has 0 amide bonds. The van der Waals surface area contributed by atoms with Crippen molar-refractivity contribution in [3.8, 4) is 11.5 Å². The number of aldehydes is 1. The van der Waals surface area contributed by atoms with Crippen LogP contribution in [0.5, 0.6) is 11.5 Å². The second-order valence-corrected chi connectivity index (χ2v) is 5.09. The summed E-state index contributed by atoms with van der Waals surface area (Å²) in [6.45, 7) is 0.407. The molecule has 0 aromatic heterocycles. The molecule has 0 saturated heterocycles. The molecule has 136 valence electrons. The minimum absolute atomic E-state index is 0.113. The summed E-state index contributed by atoms with van der Waals surface area (Å²) in [5.74, 6) is -2.64. The van der Waals surface area contributed by atoms with E-state index in [1.807, 2.05) is 0 Å². The third-order valence-corrected chi connectivity index (χ3v) is 3.27. The summed E-state index contributed by atoms with van der Waals surface area (Å²) in [5.41, 5.74) is 0.757. The van der Waals surface area contributed by atoms with Crippen LogP contribution in [-0.4, -0.2) is 45.6 Å². The number of carbonyl (C=O) groups excluding carboxylic acids is 1. The minimum Gasteiger partial charge on any atom is -0.504 e. The lowest BCUT2D eigenvalue weighted by molar-refractivity contribution is -0.376. The van der Waals surface area contributed by atoms with E-state index in [1.54, 1.807) is 31.3 Å². The third kappa shape index (κ3) is 5.82. The lowest BCUT2D eigenvalue weighted by Gasteiger charge is -2.16. The van der Waals surface area contributed by atoms with E-state index in [1.165, 1.54) is 24.3 Å². The summed E-state index contributed by atoms with van der Waals surface area (Å²) in [6.07, 6.45) is -0.556. The van der Waals surface area contributed by atoms with Crippen molar-refractivity contribution < 1.29 is 35.4 Å². The first-order valence-corrected chi connectivity index (χ1v) is 7.29. The van der Waals surface area contributed by atoms with Gasteiger partial charge in [0.1, 0.15) is 0 Å². The highest BCUT2D eigenvalue weighted by molar-refractivity contribution is 5.63. The molecule has 6 N–H and O–H groups in total. The summed E-state index contributed by atoms with van der Waals surface area (Å²) in [5, 5.41) is 47.9. The Morgan fingerprint density at radius 2 is 1.80 bits per heavy atom. The Bertz CT molecular complexity index is 665. The van der Waals surface area contributed by atoms with Crippen LogP contribution in [0.2, 0.25) is 0 Å². The van der Waals surface area contributed by atoms with Gasteiger partial charge >= 0.3 is 0 Å². The van der Waals surface area contributed by atoms with Gasteiger partial charge in [-0.15, -0.1) is 0 Å². The highest BCUT2D eigenvalue weighted by Gasteiger charge is 2.29. The van der Waals surface area contributed by atoms with Crippen molar-refractivity contribution in [1.82, 2.24) is 5.32 Å². The highest BCUT2D eigenvalue weighted by atomic mass is 17.1. The van der Waals surface area contributed by atoms with E-state index in [9.17, 15) is 15.0 Å². The van der Waals surface area contributed by atoms with Crippen LogP contribution >= 0.6 is 0 Å². The van der Waals surface area contributed by atoms with E-state index in [4.69, 9.17) is 15.5 Å². The molecule has 0 bridgehead atoms. The largest absolute Gasteiger partial charge is 0.504 e. The molecule has 8 nitrogen and oxygen atoms in total. The van der Waals surface area contributed by atoms with Gasteiger partial charge in [0.05, 0.1) is 6.10 Å². The normalized spacial score (nSPS) is 13.9. The fraction of sp³-hybridized carbons (Fsp3) is 0.235. The first-order chi connectivity index (χ1) is 11.9. The van der Waals surface area contributed by atoms with Crippen LogP contribution in [0.15, 0.2) is 48.5 Å². The van der Waals surface area contributed by atoms with Gasteiger partial charge in [-0.25, -0.2) is 5.26 Å². The maximum atomic E-state index is 10.3. The molecule has 0 spiro atoms. The zero-order valence-corrected chi connectivity index (χ0v) is 13.5. The Labute approximate surface area is 144 Å². The van der Waals surface area contributed by atoms with Crippen molar-refractivity contribution in [2.45, 2.75) is 11.9 Å². The van der Waals surface area contributed by atoms with E-state index < -0.39 is 11.9 Å². The number of carbonyl (C=O) groups is 1. The van der Waals surface area contributed by atoms with Crippen LogP contribution in [0.4, 0.5) is 0 Å². The molecule has 2 atom stereocenters. The number of hydrogen-bond acceptors (Lipinski definition) is 8. The molecule has 0 fully saturated rings. The summed E-state index contributed by atoms with van der Waals surface area (Å²) in [6, 6.07) is 12.1. The number of aliphatic hydroxyl groups is 2. The second kappa shape index (κ2) is 9.72. The maximum absolute atomic E-state index is 10.3. The molecule has 0 aliphatic heterocycles. The quantitative estimate of drug-likeness (QED) is 0.148. The lowest BCUT2D eigenvalue weighted by atomic mass is 10.1. The van der Waals surface area contributed by atoms with Gasteiger partial charge in [-0.05, 0) is 24.7 Å². The van der Waals surface area contributed by atoms with Crippen LogP contribution < -0.4 is 5.32 Å². The van der Waals surface area contributed by atoms with E-state index in [-0.39, 0.29) is 23.3 Å². The number of aliphatic hydroxyl groups excluding tert-OH is 1. The molecule has 0 heterocycles. The van der Waals surface area contributed by atoms with Gasteiger partial charge in [-0.2, -0.15) is 4.89 Å². The number of benzene rings is 2. The van der Waals surface area contributed by atoms with Gasteiger partial charge in [-0.1, -0.05) is 36.4 Å². The van der Waals surface area contributed by atoms with Crippen LogP contribution in [0, 0.1) is 0 Å². The predicted octanol–water partition coefficient (Wildman–Crippen LogP) is 0.871. The smallest absolute Gasteiger partial charge is 0.281 e. The molecular weight excluding hydrogens is 330 g/mol. The Morgan fingerprint density at radius 1 is 1.16 bits per heavy atom. The molecule has 0 aliphatic carbocycles. The number of phenols is 2. The number of nitrogens with one attached hydrogen (secondary N) is 1. The topological polar surface area (TPSA) is 139 Å². The average molecular weight is 351 g/mol. The highest BCUT2D eigenvalue weighted by Crippen LogP contribution is 2.27. The predicted molar refractivity (Wildman–Crippen MR) is 88.8 cm³/mol. The van der Waals surface area contributed by atoms with Crippen molar-refractivity contribution >= 4 is 6.29 Å². The number of likely N-dealkylation sites (N-methyl/N-ethyl adjacent to an activating group) is 1. The number of phenolic OH excluding ortho intramolecular Hbond substituents is 2. The van der Waals surface area contributed by atoms with Crippen molar-refractivity contribution in [1.29, 1.82) is 0 Å². The lowest BCUT2D eigenvalue weighted by Crippen LogP contribution is -2.29. The summed E-state index contributed by atoms with van der Waals surface area (Å²) < 4.78 is 0. The van der Waals surface area contributed by atoms with E-state index in [0.29, 0.717) is 12.1 Å². The summed E-state index contributed by atoms with van der Waals surface area (Å²) in [4.78, 5) is 14.0. The number of aromatic hydroxyl groups is 2. The van der Waals surface area contributed by atoms with E-state index in [0.717, 1.165) is 0 Å². The van der Waals surface area contributed by atoms with E-state index >= 15 is 0 Å². The van der Waals surface area contributed by atoms with Gasteiger partial charge in [0.25, 0.3) is 5.79 Å². The maximum Gasteiger partial charge on any atom is 0.281 e.